The van der Waals surface area contributed by atoms with Gasteiger partial charge in [-0.1, -0.05) is 24.3 Å². The molecule has 6 heteroatoms. The summed E-state index contributed by atoms with van der Waals surface area (Å²) in [7, 11) is 0. The molecule has 0 radical (unpaired) electrons. The van der Waals surface area contributed by atoms with Crippen LogP contribution >= 0.6 is 0 Å². The molecular formula is C15H18N4O2. The zero-order valence-corrected chi connectivity index (χ0v) is 11.8. The first-order valence-electron chi connectivity index (χ1n) is 6.82. The summed E-state index contributed by atoms with van der Waals surface area (Å²) >= 11 is 0. The van der Waals surface area contributed by atoms with Gasteiger partial charge < -0.3 is 16.4 Å². The Bertz CT molecular complexity index is 670. The lowest BCUT2D eigenvalue weighted by Crippen LogP contribution is -2.28. The number of nitrogens with two attached hydrogens (primary N) is 1. The van der Waals surface area contributed by atoms with Crippen molar-refractivity contribution < 1.29 is 9.59 Å². The molecule has 1 heterocycles. The number of rotatable bonds is 6. The predicted octanol–water partition coefficient (Wildman–Crippen LogP) is 1.27. The third kappa shape index (κ3) is 3.68. The number of nitrogens with zero attached hydrogens (tertiary/aromatic N) is 1. The van der Waals surface area contributed by atoms with Crippen molar-refractivity contribution in [3.8, 4) is 0 Å². The molecule has 0 saturated heterocycles. The minimum absolute atomic E-state index is 0.111. The van der Waals surface area contributed by atoms with Gasteiger partial charge in [0.2, 0.25) is 5.91 Å². The van der Waals surface area contributed by atoms with Gasteiger partial charge >= 0.3 is 0 Å². The Morgan fingerprint density at radius 1 is 1.29 bits per heavy atom. The zero-order valence-electron chi connectivity index (χ0n) is 11.8. The predicted molar refractivity (Wildman–Crippen MR) is 82.1 cm³/mol. The third-order valence-corrected chi connectivity index (χ3v) is 2.97. The number of aromatic nitrogens is 1. The minimum atomic E-state index is -0.449. The summed E-state index contributed by atoms with van der Waals surface area (Å²) in [6, 6.07) is 9.45. The summed E-state index contributed by atoms with van der Waals surface area (Å²) < 4.78 is 0. The van der Waals surface area contributed by atoms with E-state index in [1.165, 1.54) is 0 Å². The van der Waals surface area contributed by atoms with Gasteiger partial charge in [0.25, 0.3) is 5.91 Å². The molecular weight excluding hydrogens is 268 g/mol. The Hall–Kier alpha value is -2.63. The summed E-state index contributed by atoms with van der Waals surface area (Å²) in [5, 5.41) is 7.69. The number of fused-ring (bicyclic) bond motifs is 1. The number of benzene rings is 1. The van der Waals surface area contributed by atoms with Crippen LogP contribution in [0.3, 0.4) is 0 Å². The number of carbonyl (C=O) groups is 2. The molecule has 0 aliphatic heterocycles. The summed E-state index contributed by atoms with van der Waals surface area (Å²) in [6.45, 7) is 2.89. The van der Waals surface area contributed by atoms with E-state index in [9.17, 15) is 9.59 Å². The maximum Gasteiger partial charge on any atom is 0.270 e. The molecule has 0 unspecified atom stereocenters. The molecule has 2 amide bonds. The van der Waals surface area contributed by atoms with Crippen LogP contribution in [0.5, 0.6) is 0 Å². The van der Waals surface area contributed by atoms with Crippen molar-refractivity contribution in [1.29, 1.82) is 0 Å². The highest BCUT2D eigenvalue weighted by atomic mass is 16.2. The van der Waals surface area contributed by atoms with E-state index in [0.29, 0.717) is 18.1 Å². The molecule has 0 spiro atoms. The highest BCUT2D eigenvalue weighted by Gasteiger charge is 2.11. The van der Waals surface area contributed by atoms with Crippen molar-refractivity contribution in [3.63, 3.8) is 0 Å². The molecule has 0 fully saturated rings. The monoisotopic (exact) mass is 286 g/mol. The van der Waals surface area contributed by atoms with Gasteiger partial charge in [0.1, 0.15) is 11.5 Å². The van der Waals surface area contributed by atoms with Crippen LogP contribution in [0.4, 0.5) is 5.82 Å². The number of carbonyl (C=O) groups excluding carboxylic acids is 2. The SMILES string of the molecule is CCNc1nc(C(=O)NCCC(N)=O)cc2ccccc12. The molecule has 1 aromatic heterocycles. The molecule has 1 aromatic carbocycles. The number of hydrogen-bond donors (Lipinski definition) is 3. The first-order chi connectivity index (χ1) is 10.1. The molecule has 110 valence electrons. The van der Waals surface area contributed by atoms with Crippen LogP contribution in [0, 0.1) is 0 Å². The fraction of sp³-hybridized carbons (Fsp3) is 0.267. The van der Waals surface area contributed by atoms with Gasteiger partial charge in [-0.05, 0) is 18.4 Å². The quantitative estimate of drug-likeness (QED) is 0.745. The fourth-order valence-electron chi connectivity index (χ4n) is 2.01. The standard InChI is InChI=1S/C15H18N4O2/c1-2-17-14-11-6-4-3-5-10(11)9-12(19-14)15(21)18-8-7-13(16)20/h3-6,9H,2,7-8H2,1H3,(H2,16,20)(H,17,19)(H,18,21). The Labute approximate surface area is 122 Å². The van der Waals surface area contributed by atoms with Crippen molar-refractivity contribution in [1.82, 2.24) is 10.3 Å². The van der Waals surface area contributed by atoms with Crippen LogP contribution in [0.2, 0.25) is 0 Å². The van der Waals surface area contributed by atoms with Crippen LogP contribution in [-0.4, -0.2) is 29.9 Å². The van der Waals surface area contributed by atoms with Gasteiger partial charge in [0.05, 0.1) is 0 Å². The maximum absolute atomic E-state index is 12.1. The lowest BCUT2D eigenvalue weighted by molar-refractivity contribution is -0.117. The van der Waals surface area contributed by atoms with Crippen molar-refractivity contribution in [2.24, 2.45) is 5.73 Å². The molecule has 2 aromatic rings. The van der Waals surface area contributed by atoms with E-state index in [4.69, 9.17) is 5.73 Å². The van der Waals surface area contributed by atoms with Crippen molar-refractivity contribution in [2.45, 2.75) is 13.3 Å². The maximum atomic E-state index is 12.1. The van der Waals surface area contributed by atoms with Gasteiger partial charge in [0, 0.05) is 24.9 Å². The second-order valence-corrected chi connectivity index (χ2v) is 4.58. The molecule has 21 heavy (non-hydrogen) atoms. The zero-order chi connectivity index (χ0) is 15.2. The van der Waals surface area contributed by atoms with E-state index >= 15 is 0 Å². The van der Waals surface area contributed by atoms with Gasteiger partial charge in [0.15, 0.2) is 0 Å². The molecule has 4 N–H and O–H groups in total. The molecule has 0 saturated carbocycles. The lowest BCUT2D eigenvalue weighted by Gasteiger charge is -2.10. The van der Waals surface area contributed by atoms with Crippen molar-refractivity contribution in [3.05, 3.63) is 36.0 Å². The van der Waals surface area contributed by atoms with E-state index in [2.05, 4.69) is 15.6 Å². The van der Waals surface area contributed by atoms with Crippen LogP contribution in [-0.2, 0) is 4.79 Å². The highest BCUT2D eigenvalue weighted by Crippen LogP contribution is 2.22. The van der Waals surface area contributed by atoms with Crippen LogP contribution in [0.15, 0.2) is 30.3 Å². The van der Waals surface area contributed by atoms with E-state index < -0.39 is 5.91 Å². The summed E-state index contributed by atoms with van der Waals surface area (Å²) in [5.41, 5.74) is 5.35. The number of anilines is 1. The Kier molecular flexibility index (Phi) is 4.71. The number of amides is 2. The minimum Gasteiger partial charge on any atom is -0.370 e. The van der Waals surface area contributed by atoms with Crippen molar-refractivity contribution >= 4 is 28.4 Å². The first kappa shape index (κ1) is 14.8. The summed E-state index contributed by atoms with van der Waals surface area (Å²) in [5.74, 6) is -0.0908. The molecule has 2 rings (SSSR count). The largest absolute Gasteiger partial charge is 0.370 e. The number of nitrogens with one attached hydrogen (secondary N) is 2. The highest BCUT2D eigenvalue weighted by molar-refractivity contribution is 6.00. The molecule has 0 bridgehead atoms. The van der Waals surface area contributed by atoms with Gasteiger partial charge in [-0.2, -0.15) is 0 Å². The van der Waals surface area contributed by atoms with E-state index in [1.54, 1.807) is 6.07 Å². The van der Waals surface area contributed by atoms with Gasteiger partial charge in [-0.15, -0.1) is 0 Å². The summed E-state index contributed by atoms with van der Waals surface area (Å²) in [4.78, 5) is 27.1. The Morgan fingerprint density at radius 3 is 2.76 bits per heavy atom. The van der Waals surface area contributed by atoms with E-state index in [1.807, 2.05) is 31.2 Å². The lowest BCUT2D eigenvalue weighted by atomic mass is 10.1. The summed E-state index contributed by atoms with van der Waals surface area (Å²) in [6.07, 6.45) is 0.111. The normalized spacial score (nSPS) is 10.3. The van der Waals surface area contributed by atoms with Crippen LogP contribution in [0.25, 0.3) is 10.8 Å². The van der Waals surface area contributed by atoms with Crippen molar-refractivity contribution in [2.75, 3.05) is 18.4 Å². The first-order valence-corrected chi connectivity index (χ1v) is 6.82. The smallest absolute Gasteiger partial charge is 0.270 e. The molecule has 6 nitrogen and oxygen atoms in total. The fourth-order valence-corrected chi connectivity index (χ4v) is 2.01. The van der Waals surface area contributed by atoms with E-state index in [0.717, 1.165) is 10.8 Å². The average molecular weight is 286 g/mol. The second kappa shape index (κ2) is 6.69. The van der Waals surface area contributed by atoms with Crippen LogP contribution in [0.1, 0.15) is 23.8 Å². The molecule has 0 aliphatic rings. The topological polar surface area (TPSA) is 97.1 Å². The van der Waals surface area contributed by atoms with Crippen LogP contribution < -0.4 is 16.4 Å². The Balaban J connectivity index is 2.27. The van der Waals surface area contributed by atoms with E-state index in [-0.39, 0.29) is 18.9 Å². The van der Waals surface area contributed by atoms with Gasteiger partial charge in [-0.3, -0.25) is 9.59 Å². The number of pyridine rings is 1. The average Bonchev–Trinajstić information content (AvgIpc) is 2.47. The third-order valence-electron chi connectivity index (χ3n) is 2.97. The number of primary amides is 1. The molecule has 0 atom stereocenters. The Morgan fingerprint density at radius 2 is 2.05 bits per heavy atom. The number of hydrogen-bond acceptors (Lipinski definition) is 4. The van der Waals surface area contributed by atoms with Gasteiger partial charge in [-0.25, -0.2) is 4.98 Å². The second-order valence-electron chi connectivity index (χ2n) is 4.58. The molecule has 0 aliphatic carbocycles.